The van der Waals surface area contributed by atoms with Crippen molar-refractivity contribution in [2.75, 3.05) is 39.4 Å². The van der Waals surface area contributed by atoms with Gasteiger partial charge in [-0.3, -0.25) is 9.69 Å². The lowest BCUT2D eigenvalue weighted by molar-refractivity contribution is 0.00478. The average molecular weight is 338 g/mol. The largest absolute Gasteiger partial charge is 0.459 e. The van der Waals surface area contributed by atoms with Crippen LogP contribution in [0.1, 0.15) is 33.6 Å². The number of benzene rings is 1. The standard InChI is InChI=1S/C20H22N2O3/c23-20(18-6-3-9-25-18)22-12-16-14-4-1-2-5-15(14)19(17(16)13-22)21-7-10-24-11-8-21/h1-6,9,16-17,19H,7-8,10-13H2/t16-,17-,19+/m1/s1. The number of rotatable bonds is 2. The molecule has 3 atom stereocenters. The van der Waals surface area contributed by atoms with Crippen LogP contribution in [0.15, 0.2) is 47.1 Å². The molecule has 0 N–H and O–H groups in total. The lowest BCUT2D eigenvalue weighted by Gasteiger charge is -2.36. The summed E-state index contributed by atoms with van der Waals surface area (Å²) in [6.07, 6.45) is 1.57. The molecule has 130 valence electrons. The summed E-state index contributed by atoms with van der Waals surface area (Å²) in [6.45, 7) is 5.10. The van der Waals surface area contributed by atoms with E-state index in [0.29, 0.717) is 23.6 Å². The van der Waals surface area contributed by atoms with Gasteiger partial charge < -0.3 is 14.1 Å². The van der Waals surface area contributed by atoms with Gasteiger partial charge in [0.25, 0.3) is 5.91 Å². The van der Waals surface area contributed by atoms with E-state index in [4.69, 9.17) is 9.15 Å². The molecule has 2 saturated heterocycles. The smallest absolute Gasteiger partial charge is 0.289 e. The summed E-state index contributed by atoms with van der Waals surface area (Å²) < 4.78 is 10.9. The number of nitrogens with zero attached hydrogens (tertiary/aromatic N) is 2. The maximum atomic E-state index is 12.7. The van der Waals surface area contributed by atoms with E-state index in [1.807, 2.05) is 4.90 Å². The Morgan fingerprint density at radius 2 is 1.80 bits per heavy atom. The highest BCUT2D eigenvalue weighted by Gasteiger charge is 2.49. The van der Waals surface area contributed by atoms with Gasteiger partial charge in [0.05, 0.1) is 19.5 Å². The Labute approximate surface area is 147 Å². The molecule has 2 aromatic rings. The number of fused-ring (bicyclic) bond motifs is 3. The van der Waals surface area contributed by atoms with Crippen LogP contribution >= 0.6 is 0 Å². The number of morpholine rings is 1. The van der Waals surface area contributed by atoms with Crippen molar-refractivity contribution in [3.8, 4) is 0 Å². The molecule has 1 aromatic heterocycles. The van der Waals surface area contributed by atoms with Gasteiger partial charge in [0.15, 0.2) is 5.76 Å². The number of carbonyl (C=O) groups is 1. The fourth-order valence-corrected chi connectivity index (χ4v) is 4.87. The molecule has 2 fully saturated rings. The van der Waals surface area contributed by atoms with E-state index in [2.05, 4.69) is 29.2 Å². The second kappa shape index (κ2) is 6.00. The van der Waals surface area contributed by atoms with Crippen molar-refractivity contribution in [2.45, 2.75) is 12.0 Å². The fourth-order valence-electron chi connectivity index (χ4n) is 4.87. The highest BCUT2D eigenvalue weighted by Crippen LogP contribution is 2.51. The van der Waals surface area contributed by atoms with Gasteiger partial charge in [0.1, 0.15) is 0 Å². The van der Waals surface area contributed by atoms with Gasteiger partial charge in [-0.2, -0.15) is 0 Å². The van der Waals surface area contributed by atoms with E-state index in [0.717, 1.165) is 39.4 Å². The molecule has 5 heteroatoms. The van der Waals surface area contributed by atoms with Gasteiger partial charge in [-0.1, -0.05) is 24.3 Å². The Morgan fingerprint density at radius 3 is 2.56 bits per heavy atom. The summed E-state index contributed by atoms with van der Waals surface area (Å²) in [4.78, 5) is 17.3. The topological polar surface area (TPSA) is 45.9 Å². The van der Waals surface area contributed by atoms with Crippen molar-refractivity contribution >= 4 is 5.91 Å². The molecule has 1 aromatic carbocycles. The SMILES string of the molecule is O=C(c1ccco1)N1C[C@@H]2[C@H](C1)c1ccccc1[C@@H]2N1CCOCC1. The van der Waals surface area contributed by atoms with E-state index in [1.165, 1.54) is 11.1 Å². The fraction of sp³-hybridized carbons (Fsp3) is 0.450. The third-order valence-electron chi connectivity index (χ3n) is 5.94. The maximum absolute atomic E-state index is 12.7. The molecule has 5 rings (SSSR count). The van der Waals surface area contributed by atoms with Crippen molar-refractivity contribution in [1.29, 1.82) is 0 Å². The minimum Gasteiger partial charge on any atom is -0.459 e. The Morgan fingerprint density at radius 1 is 1.00 bits per heavy atom. The van der Waals surface area contributed by atoms with Crippen molar-refractivity contribution < 1.29 is 13.9 Å². The van der Waals surface area contributed by atoms with Gasteiger partial charge in [0, 0.05) is 44.1 Å². The summed E-state index contributed by atoms with van der Waals surface area (Å²) in [5.74, 6) is 1.33. The first-order chi connectivity index (χ1) is 12.3. The zero-order valence-electron chi connectivity index (χ0n) is 14.1. The Bertz CT molecular complexity index is 767. The van der Waals surface area contributed by atoms with Crippen molar-refractivity contribution in [1.82, 2.24) is 9.80 Å². The normalized spacial score (nSPS) is 28.8. The number of ether oxygens (including phenoxy) is 1. The van der Waals surface area contributed by atoms with E-state index >= 15 is 0 Å². The zero-order chi connectivity index (χ0) is 16.8. The Kier molecular flexibility index (Phi) is 3.64. The van der Waals surface area contributed by atoms with E-state index in [1.54, 1.807) is 18.4 Å². The minimum absolute atomic E-state index is 0.0117. The number of carbonyl (C=O) groups excluding carboxylic acids is 1. The van der Waals surface area contributed by atoms with E-state index in [9.17, 15) is 4.79 Å². The molecule has 0 bridgehead atoms. The summed E-state index contributed by atoms with van der Waals surface area (Å²) in [6, 6.07) is 12.7. The van der Waals surface area contributed by atoms with Crippen LogP contribution in [-0.4, -0.2) is 55.1 Å². The van der Waals surface area contributed by atoms with E-state index in [-0.39, 0.29) is 5.91 Å². The highest BCUT2D eigenvalue weighted by molar-refractivity contribution is 5.91. The molecule has 3 heterocycles. The van der Waals surface area contributed by atoms with Gasteiger partial charge >= 0.3 is 0 Å². The predicted molar refractivity (Wildman–Crippen MR) is 92.4 cm³/mol. The van der Waals surface area contributed by atoms with Gasteiger partial charge in [0.2, 0.25) is 0 Å². The molecule has 5 nitrogen and oxygen atoms in total. The molecule has 25 heavy (non-hydrogen) atoms. The predicted octanol–water partition coefficient (Wildman–Crippen LogP) is 2.52. The quantitative estimate of drug-likeness (QED) is 0.844. The number of amides is 1. The van der Waals surface area contributed by atoms with Crippen LogP contribution in [0.3, 0.4) is 0 Å². The molecule has 1 amide bonds. The summed E-state index contributed by atoms with van der Waals surface area (Å²) in [5, 5.41) is 0. The highest BCUT2D eigenvalue weighted by atomic mass is 16.5. The second-order valence-corrected chi connectivity index (χ2v) is 7.18. The van der Waals surface area contributed by atoms with Crippen molar-refractivity contribution in [3.63, 3.8) is 0 Å². The number of hydrogen-bond acceptors (Lipinski definition) is 4. The van der Waals surface area contributed by atoms with Crippen LogP contribution in [-0.2, 0) is 4.74 Å². The molecule has 0 spiro atoms. The van der Waals surface area contributed by atoms with Crippen LogP contribution in [0.2, 0.25) is 0 Å². The molecule has 0 unspecified atom stereocenters. The van der Waals surface area contributed by atoms with Crippen molar-refractivity contribution in [3.05, 3.63) is 59.5 Å². The van der Waals surface area contributed by atoms with Crippen LogP contribution in [0.25, 0.3) is 0 Å². The van der Waals surface area contributed by atoms with Crippen LogP contribution in [0, 0.1) is 5.92 Å². The monoisotopic (exact) mass is 338 g/mol. The first-order valence-corrected chi connectivity index (χ1v) is 9.06. The number of furan rings is 1. The maximum Gasteiger partial charge on any atom is 0.289 e. The zero-order valence-corrected chi connectivity index (χ0v) is 14.1. The summed E-state index contributed by atoms with van der Waals surface area (Å²) in [5.41, 5.74) is 2.86. The van der Waals surface area contributed by atoms with E-state index < -0.39 is 0 Å². The molecular formula is C20H22N2O3. The molecule has 3 aliphatic rings. The average Bonchev–Trinajstić information content (AvgIpc) is 3.38. The van der Waals surface area contributed by atoms with Gasteiger partial charge in [-0.25, -0.2) is 0 Å². The van der Waals surface area contributed by atoms with Crippen molar-refractivity contribution in [2.24, 2.45) is 5.92 Å². The molecule has 0 radical (unpaired) electrons. The molecule has 0 saturated carbocycles. The first kappa shape index (κ1) is 15.2. The molecule has 1 aliphatic carbocycles. The lowest BCUT2D eigenvalue weighted by atomic mass is 9.93. The Balaban J connectivity index is 1.46. The summed E-state index contributed by atoms with van der Waals surface area (Å²) >= 11 is 0. The minimum atomic E-state index is 0.0117. The first-order valence-electron chi connectivity index (χ1n) is 9.06. The lowest BCUT2D eigenvalue weighted by Crippen LogP contribution is -2.42. The molecule has 2 aliphatic heterocycles. The number of hydrogen-bond donors (Lipinski definition) is 0. The van der Waals surface area contributed by atoms with Crippen LogP contribution in [0.4, 0.5) is 0 Å². The second-order valence-electron chi connectivity index (χ2n) is 7.18. The van der Waals surface area contributed by atoms with Gasteiger partial charge in [-0.05, 0) is 23.3 Å². The third kappa shape index (κ3) is 2.41. The summed E-state index contributed by atoms with van der Waals surface area (Å²) in [7, 11) is 0. The number of likely N-dealkylation sites (tertiary alicyclic amines) is 1. The van der Waals surface area contributed by atoms with Crippen LogP contribution < -0.4 is 0 Å². The van der Waals surface area contributed by atoms with Gasteiger partial charge in [-0.15, -0.1) is 0 Å². The third-order valence-corrected chi connectivity index (χ3v) is 5.94. The Hall–Kier alpha value is -2.11. The van der Waals surface area contributed by atoms with Crippen LogP contribution in [0.5, 0.6) is 0 Å². The molecular weight excluding hydrogens is 316 g/mol.